The first kappa shape index (κ1) is 18.9. The van der Waals surface area contributed by atoms with Gasteiger partial charge < -0.3 is 20.3 Å². The maximum atomic E-state index is 11.9. The molecule has 2 aliphatic heterocycles. The standard InChI is InChI=1S/C16H28N4O4/c1-15(2)11-17-7-9-19(15)23-13(21)5-6-14(22)24-20-10-8-18-12-16(20,3)4/h5-6,17-18H,7-12H2,1-4H3/b6-5+. The topological polar surface area (TPSA) is 83.1 Å². The summed E-state index contributed by atoms with van der Waals surface area (Å²) in [6.07, 6.45) is 2.21. The predicted octanol–water partition coefficient (Wildman–Crippen LogP) is -0.173. The lowest BCUT2D eigenvalue weighted by Gasteiger charge is -2.40. The maximum Gasteiger partial charge on any atom is 0.349 e. The lowest BCUT2D eigenvalue weighted by atomic mass is 10.0. The largest absolute Gasteiger partial charge is 0.364 e. The van der Waals surface area contributed by atoms with Crippen LogP contribution < -0.4 is 10.6 Å². The molecule has 136 valence electrons. The van der Waals surface area contributed by atoms with Crippen LogP contribution in [0.4, 0.5) is 0 Å². The van der Waals surface area contributed by atoms with E-state index in [4.69, 9.17) is 9.68 Å². The molecule has 2 N–H and O–H groups in total. The van der Waals surface area contributed by atoms with Crippen LogP contribution in [0.25, 0.3) is 0 Å². The molecule has 24 heavy (non-hydrogen) atoms. The molecule has 0 aromatic rings. The second-order valence-corrected chi connectivity index (χ2v) is 7.34. The Morgan fingerprint density at radius 2 is 1.21 bits per heavy atom. The van der Waals surface area contributed by atoms with Gasteiger partial charge in [-0.1, -0.05) is 0 Å². The highest BCUT2D eigenvalue weighted by molar-refractivity contribution is 5.91. The van der Waals surface area contributed by atoms with Gasteiger partial charge in [-0.2, -0.15) is 0 Å². The lowest BCUT2D eigenvalue weighted by molar-refractivity contribution is -0.218. The molecule has 2 heterocycles. The smallest absolute Gasteiger partial charge is 0.349 e. The summed E-state index contributed by atoms with van der Waals surface area (Å²) in [4.78, 5) is 34.5. The highest BCUT2D eigenvalue weighted by Gasteiger charge is 2.33. The molecule has 8 heteroatoms. The van der Waals surface area contributed by atoms with Crippen molar-refractivity contribution < 1.29 is 19.3 Å². The van der Waals surface area contributed by atoms with Crippen LogP contribution in [0.5, 0.6) is 0 Å². The van der Waals surface area contributed by atoms with Gasteiger partial charge in [-0.3, -0.25) is 0 Å². The van der Waals surface area contributed by atoms with Crippen LogP contribution in [-0.2, 0) is 19.3 Å². The number of hydrogen-bond acceptors (Lipinski definition) is 8. The zero-order chi connectivity index (χ0) is 17.8. The minimum Gasteiger partial charge on any atom is -0.364 e. The Morgan fingerprint density at radius 3 is 1.54 bits per heavy atom. The van der Waals surface area contributed by atoms with Gasteiger partial charge in [0.2, 0.25) is 0 Å². The van der Waals surface area contributed by atoms with Crippen molar-refractivity contribution in [1.82, 2.24) is 20.8 Å². The van der Waals surface area contributed by atoms with Crippen molar-refractivity contribution in [2.24, 2.45) is 0 Å². The number of piperazine rings is 2. The molecule has 2 aliphatic rings. The van der Waals surface area contributed by atoms with Crippen molar-refractivity contribution in [2.75, 3.05) is 39.3 Å². The summed E-state index contributed by atoms with van der Waals surface area (Å²) in [6.45, 7) is 12.1. The van der Waals surface area contributed by atoms with Crippen LogP contribution in [-0.4, -0.2) is 72.4 Å². The number of hydroxylamine groups is 4. The fourth-order valence-electron chi connectivity index (χ4n) is 2.68. The molecule has 0 amide bonds. The minimum atomic E-state index is -0.582. The third kappa shape index (κ3) is 5.01. The first-order chi connectivity index (χ1) is 11.2. The van der Waals surface area contributed by atoms with E-state index in [0.29, 0.717) is 13.1 Å². The van der Waals surface area contributed by atoms with E-state index in [0.717, 1.165) is 38.3 Å². The average molecular weight is 340 g/mol. The van der Waals surface area contributed by atoms with Crippen LogP contribution >= 0.6 is 0 Å². The second-order valence-electron chi connectivity index (χ2n) is 7.34. The summed E-state index contributed by atoms with van der Waals surface area (Å²) in [5, 5.41) is 9.77. The highest BCUT2D eigenvalue weighted by atomic mass is 16.7. The van der Waals surface area contributed by atoms with Crippen LogP contribution in [0.3, 0.4) is 0 Å². The molecule has 0 spiro atoms. The quantitative estimate of drug-likeness (QED) is 0.683. The zero-order valence-electron chi connectivity index (χ0n) is 14.9. The number of nitrogens with zero attached hydrogens (tertiary/aromatic N) is 2. The Bertz CT molecular complexity index is 460. The fraction of sp³-hybridized carbons (Fsp3) is 0.750. The van der Waals surface area contributed by atoms with Crippen molar-refractivity contribution in [1.29, 1.82) is 0 Å². The molecule has 2 rings (SSSR count). The van der Waals surface area contributed by atoms with E-state index in [1.54, 1.807) is 10.1 Å². The van der Waals surface area contributed by atoms with Crippen molar-refractivity contribution in [2.45, 2.75) is 38.8 Å². The van der Waals surface area contributed by atoms with E-state index in [1.807, 2.05) is 27.7 Å². The molecule has 0 aromatic carbocycles. The zero-order valence-corrected chi connectivity index (χ0v) is 14.9. The molecule has 8 nitrogen and oxygen atoms in total. The molecule has 0 unspecified atom stereocenters. The van der Waals surface area contributed by atoms with Gasteiger partial charge >= 0.3 is 11.9 Å². The van der Waals surface area contributed by atoms with E-state index < -0.39 is 11.9 Å². The highest BCUT2D eigenvalue weighted by Crippen LogP contribution is 2.17. The van der Waals surface area contributed by atoms with Gasteiger partial charge in [-0.15, -0.1) is 10.1 Å². The molecule has 0 aliphatic carbocycles. The molecule has 0 saturated carbocycles. The Morgan fingerprint density at radius 1 is 0.833 bits per heavy atom. The van der Waals surface area contributed by atoms with Crippen molar-refractivity contribution >= 4 is 11.9 Å². The lowest BCUT2D eigenvalue weighted by Crippen LogP contribution is -2.58. The first-order valence-electron chi connectivity index (χ1n) is 8.29. The Labute approximate surface area is 143 Å². The molecule has 0 radical (unpaired) electrons. The summed E-state index contributed by atoms with van der Waals surface area (Å²) >= 11 is 0. The van der Waals surface area contributed by atoms with Gasteiger partial charge in [-0.25, -0.2) is 9.59 Å². The third-order valence-corrected chi connectivity index (χ3v) is 4.20. The number of carbonyl (C=O) groups is 2. The van der Waals surface area contributed by atoms with Gasteiger partial charge in [0, 0.05) is 51.4 Å². The number of nitrogens with one attached hydrogen (secondary N) is 2. The Kier molecular flexibility index (Phi) is 5.97. The van der Waals surface area contributed by atoms with Crippen LogP contribution in [0.1, 0.15) is 27.7 Å². The normalized spacial score (nSPS) is 24.7. The molecule has 0 aromatic heterocycles. The SMILES string of the molecule is CC1(C)CNCCN1OC(=O)/C=C/C(=O)ON1CCNCC1(C)C. The van der Waals surface area contributed by atoms with Gasteiger partial charge in [0.05, 0.1) is 11.1 Å². The van der Waals surface area contributed by atoms with E-state index >= 15 is 0 Å². The summed E-state index contributed by atoms with van der Waals surface area (Å²) in [5.74, 6) is -1.16. The summed E-state index contributed by atoms with van der Waals surface area (Å²) < 4.78 is 0. The molecule has 0 bridgehead atoms. The average Bonchev–Trinajstić information content (AvgIpc) is 2.49. The summed E-state index contributed by atoms with van der Waals surface area (Å²) in [7, 11) is 0. The minimum absolute atomic E-state index is 0.285. The predicted molar refractivity (Wildman–Crippen MR) is 88.6 cm³/mol. The third-order valence-electron chi connectivity index (χ3n) is 4.20. The second kappa shape index (κ2) is 7.60. The fourth-order valence-corrected chi connectivity index (χ4v) is 2.68. The van der Waals surface area contributed by atoms with Gasteiger partial charge in [0.1, 0.15) is 0 Å². The van der Waals surface area contributed by atoms with Crippen LogP contribution in [0.2, 0.25) is 0 Å². The molecule has 2 fully saturated rings. The van der Waals surface area contributed by atoms with Gasteiger partial charge in [0.15, 0.2) is 0 Å². The van der Waals surface area contributed by atoms with Crippen molar-refractivity contribution in [3.63, 3.8) is 0 Å². The Hall–Kier alpha value is -1.48. The Balaban J connectivity index is 1.83. The van der Waals surface area contributed by atoms with Gasteiger partial charge in [0.25, 0.3) is 0 Å². The number of carbonyl (C=O) groups excluding carboxylic acids is 2. The van der Waals surface area contributed by atoms with Crippen molar-refractivity contribution in [3.05, 3.63) is 12.2 Å². The molecular formula is C16H28N4O4. The van der Waals surface area contributed by atoms with E-state index in [2.05, 4.69) is 10.6 Å². The van der Waals surface area contributed by atoms with Crippen molar-refractivity contribution in [3.8, 4) is 0 Å². The summed E-state index contributed by atoms with van der Waals surface area (Å²) in [6, 6.07) is 0. The molecule has 2 saturated heterocycles. The summed E-state index contributed by atoms with van der Waals surface area (Å²) in [5.41, 5.74) is -0.569. The van der Waals surface area contributed by atoms with Crippen LogP contribution in [0, 0.1) is 0 Å². The number of hydrogen-bond donors (Lipinski definition) is 2. The maximum absolute atomic E-state index is 11.9. The van der Waals surface area contributed by atoms with E-state index in [-0.39, 0.29) is 11.1 Å². The first-order valence-corrected chi connectivity index (χ1v) is 8.29. The van der Waals surface area contributed by atoms with E-state index in [1.165, 1.54) is 0 Å². The monoisotopic (exact) mass is 340 g/mol. The van der Waals surface area contributed by atoms with Gasteiger partial charge in [-0.05, 0) is 27.7 Å². The van der Waals surface area contributed by atoms with Crippen LogP contribution in [0.15, 0.2) is 12.2 Å². The molecular weight excluding hydrogens is 312 g/mol. The molecule has 0 atom stereocenters. The van der Waals surface area contributed by atoms with E-state index in [9.17, 15) is 9.59 Å². The number of rotatable bonds is 4.